The van der Waals surface area contributed by atoms with Crippen molar-refractivity contribution in [1.82, 2.24) is 14.8 Å². The van der Waals surface area contributed by atoms with Gasteiger partial charge in [0.15, 0.2) is 11.0 Å². The number of thioether (sulfide) groups is 1. The average molecular weight is 444 g/mol. The predicted octanol–water partition coefficient (Wildman–Crippen LogP) is 4.98. The number of carbonyl (C=O) groups excluding carboxylic acids is 1. The van der Waals surface area contributed by atoms with Crippen LogP contribution in [0, 0.1) is 24.1 Å². The number of hydrogen-bond donors (Lipinski definition) is 1. The Kier molecular flexibility index (Phi) is 6.29. The van der Waals surface area contributed by atoms with Gasteiger partial charge in [-0.15, -0.1) is 10.2 Å². The van der Waals surface area contributed by atoms with Gasteiger partial charge in [-0.05, 0) is 55.5 Å². The molecule has 32 heavy (non-hydrogen) atoms. The lowest BCUT2D eigenvalue weighted by molar-refractivity contribution is -0.113. The highest BCUT2D eigenvalue weighted by Crippen LogP contribution is 2.29. The van der Waals surface area contributed by atoms with Crippen molar-refractivity contribution in [3.8, 4) is 23.1 Å². The second kappa shape index (κ2) is 9.45. The molecule has 8 heteroatoms. The first-order valence-corrected chi connectivity index (χ1v) is 10.7. The maximum Gasteiger partial charge on any atom is 0.234 e. The average Bonchev–Trinajstić information content (AvgIpc) is 3.23. The second-order valence-corrected chi connectivity index (χ2v) is 7.93. The van der Waals surface area contributed by atoms with E-state index >= 15 is 0 Å². The minimum Gasteiger partial charge on any atom is -0.325 e. The van der Waals surface area contributed by atoms with Crippen LogP contribution in [0.1, 0.15) is 11.1 Å². The first kappa shape index (κ1) is 21.3. The van der Waals surface area contributed by atoms with E-state index in [0.29, 0.717) is 27.8 Å². The summed E-state index contributed by atoms with van der Waals surface area (Å²) in [5, 5.41) is 20.6. The fourth-order valence-corrected chi connectivity index (χ4v) is 3.81. The molecule has 0 saturated heterocycles. The van der Waals surface area contributed by atoms with E-state index in [0.717, 1.165) is 11.3 Å². The van der Waals surface area contributed by atoms with Crippen molar-refractivity contribution in [1.29, 1.82) is 5.26 Å². The van der Waals surface area contributed by atoms with Gasteiger partial charge in [-0.1, -0.05) is 41.6 Å². The zero-order chi connectivity index (χ0) is 22.5. The third-order valence-corrected chi connectivity index (χ3v) is 5.60. The maximum absolute atomic E-state index is 14.5. The monoisotopic (exact) mass is 443 g/mol. The molecule has 6 nitrogen and oxygen atoms in total. The Bertz CT molecular complexity index is 1290. The molecule has 0 aliphatic heterocycles. The summed E-state index contributed by atoms with van der Waals surface area (Å²) in [7, 11) is 0. The fraction of sp³-hybridized carbons (Fsp3) is 0.0833. The lowest BCUT2D eigenvalue weighted by Crippen LogP contribution is -2.14. The number of carbonyl (C=O) groups is 1. The van der Waals surface area contributed by atoms with Crippen LogP contribution in [0.5, 0.6) is 0 Å². The highest BCUT2D eigenvalue weighted by molar-refractivity contribution is 7.99. The van der Waals surface area contributed by atoms with Crippen molar-refractivity contribution in [2.24, 2.45) is 0 Å². The van der Waals surface area contributed by atoms with Crippen molar-refractivity contribution < 1.29 is 9.18 Å². The molecule has 1 N–H and O–H groups in total. The van der Waals surface area contributed by atoms with Crippen LogP contribution in [0.4, 0.5) is 10.1 Å². The molecule has 0 radical (unpaired) electrons. The van der Waals surface area contributed by atoms with E-state index in [9.17, 15) is 9.18 Å². The summed E-state index contributed by atoms with van der Waals surface area (Å²) in [6.07, 6.45) is 0. The summed E-state index contributed by atoms with van der Waals surface area (Å²) in [6, 6.07) is 22.8. The summed E-state index contributed by atoms with van der Waals surface area (Å²) in [5.41, 5.74) is 3.31. The van der Waals surface area contributed by atoms with Crippen LogP contribution >= 0.6 is 11.8 Å². The molecular formula is C24H18FN5OS. The quantitative estimate of drug-likeness (QED) is 0.425. The summed E-state index contributed by atoms with van der Waals surface area (Å²) >= 11 is 1.20. The predicted molar refractivity (Wildman–Crippen MR) is 122 cm³/mol. The highest BCUT2D eigenvalue weighted by atomic mass is 32.2. The number of benzene rings is 3. The normalized spacial score (nSPS) is 10.5. The second-order valence-electron chi connectivity index (χ2n) is 6.98. The van der Waals surface area contributed by atoms with Crippen LogP contribution in [-0.4, -0.2) is 26.4 Å². The molecule has 1 amide bonds. The Morgan fingerprint density at radius 1 is 1.06 bits per heavy atom. The number of aromatic nitrogens is 3. The van der Waals surface area contributed by atoms with E-state index < -0.39 is 5.82 Å². The van der Waals surface area contributed by atoms with Crippen molar-refractivity contribution in [2.45, 2.75) is 12.1 Å². The summed E-state index contributed by atoms with van der Waals surface area (Å²) < 4.78 is 16.2. The molecule has 0 saturated carbocycles. The smallest absolute Gasteiger partial charge is 0.234 e. The van der Waals surface area contributed by atoms with Gasteiger partial charge in [0.05, 0.1) is 22.9 Å². The highest BCUT2D eigenvalue weighted by Gasteiger charge is 2.19. The van der Waals surface area contributed by atoms with Gasteiger partial charge in [-0.2, -0.15) is 5.26 Å². The Labute approximate surface area is 188 Å². The van der Waals surface area contributed by atoms with Crippen molar-refractivity contribution in [2.75, 3.05) is 11.1 Å². The van der Waals surface area contributed by atoms with Crippen molar-refractivity contribution in [3.05, 3.63) is 89.7 Å². The zero-order valence-electron chi connectivity index (χ0n) is 17.1. The lowest BCUT2D eigenvalue weighted by atomic mass is 10.2. The SMILES string of the molecule is Cc1ccc(-n2c(SCC(=O)Nc3ccc(C#N)cc3)nnc2-c2ccccc2F)cc1. The molecule has 1 heterocycles. The molecule has 158 valence electrons. The van der Waals surface area contributed by atoms with Crippen LogP contribution < -0.4 is 5.32 Å². The molecule has 0 aliphatic rings. The first-order chi connectivity index (χ1) is 15.5. The van der Waals surface area contributed by atoms with E-state index in [2.05, 4.69) is 15.5 Å². The number of nitriles is 1. The number of halogens is 1. The number of rotatable bonds is 6. The summed E-state index contributed by atoms with van der Waals surface area (Å²) in [6.45, 7) is 1.98. The first-order valence-electron chi connectivity index (χ1n) is 9.75. The van der Waals surface area contributed by atoms with Crippen LogP contribution in [0.25, 0.3) is 17.1 Å². The standard InChI is InChI=1S/C24H18FN5OS/c1-16-6-12-19(13-7-16)30-23(20-4-2-3-5-21(20)25)28-29-24(30)32-15-22(31)27-18-10-8-17(14-26)9-11-18/h2-13H,15H2,1H3,(H,27,31). The van der Waals surface area contributed by atoms with Gasteiger partial charge in [0.1, 0.15) is 5.82 Å². The molecule has 0 fully saturated rings. The van der Waals surface area contributed by atoms with E-state index in [1.165, 1.54) is 17.8 Å². The number of aryl methyl sites for hydroxylation is 1. The number of nitrogens with one attached hydrogen (secondary N) is 1. The van der Waals surface area contributed by atoms with Crippen LogP contribution in [0.2, 0.25) is 0 Å². The van der Waals surface area contributed by atoms with Gasteiger partial charge in [-0.3, -0.25) is 9.36 Å². The third-order valence-electron chi connectivity index (χ3n) is 4.67. The van der Waals surface area contributed by atoms with Crippen LogP contribution in [0.3, 0.4) is 0 Å². The molecule has 0 aliphatic carbocycles. The van der Waals surface area contributed by atoms with E-state index in [4.69, 9.17) is 5.26 Å². The van der Waals surface area contributed by atoms with E-state index in [1.54, 1.807) is 47.0 Å². The Hall–Kier alpha value is -3.96. The van der Waals surface area contributed by atoms with Crippen molar-refractivity contribution in [3.63, 3.8) is 0 Å². The molecule has 3 aromatic carbocycles. The molecule has 4 rings (SSSR count). The Morgan fingerprint density at radius 2 is 1.78 bits per heavy atom. The minimum atomic E-state index is -0.400. The van der Waals surface area contributed by atoms with Gasteiger partial charge in [0.2, 0.25) is 5.91 Å². The number of amides is 1. The molecular weight excluding hydrogens is 425 g/mol. The van der Waals surface area contributed by atoms with Gasteiger partial charge in [-0.25, -0.2) is 4.39 Å². The van der Waals surface area contributed by atoms with Gasteiger partial charge < -0.3 is 5.32 Å². The molecule has 4 aromatic rings. The molecule has 0 atom stereocenters. The fourth-order valence-electron chi connectivity index (χ4n) is 3.06. The Morgan fingerprint density at radius 3 is 2.47 bits per heavy atom. The maximum atomic E-state index is 14.5. The van der Waals surface area contributed by atoms with Crippen LogP contribution in [0.15, 0.2) is 78.0 Å². The summed E-state index contributed by atoms with van der Waals surface area (Å²) in [4.78, 5) is 12.4. The topological polar surface area (TPSA) is 83.6 Å². The zero-order valence-corrected chi connectivity index (χ0v) is 17.9. The molecule has 0 spiro atoms. The van der Waals surface area contributed by atoms with Crippen LogP contribution in [-0.2, 0) is 4.79 Å². The number of anilines is 1. The third kappa shape index (κ3) is 4.68. The molecule has 0 unspecified atom stereocenters. The molecule has 0 bridgehead atoms. The van der Waals surface area contributed by atoms with Gasteiger partial charge in [0, 0.05) is 11.4 Å². The Balaban J connectivity index is 1.59. The van der Waals surface area contributed by atoms with Gasteiger partial charge >= 0.3 is 0 Å². The van der Waals surface area contributed by atoms with E-state index in [1.807, 2.05) is 37.3 Å². The van der Waals surface area contributed by atoms with E-state index in [-0.39, 0.29) is 11.7 Å². The number of hydrogen-bond acceptors (Lipinski definition) is 5. The molecule has 1 aromatic heterocycles. The number of nitrogens with zero attached hydrogens (tertiary/aromatic N) is 4. The van der Waals surface area contributed by atoms with Gasteiger partial charge in [0.25, 0.3) is 0 Å². The van der Waals surface area contributed by atoms with Crippen molar-refractivity contribution >= 4 is 23.4 Å². The lowest BCUT2D eigenvalue weighted by Gasteiger charge is -2.11. The minimum absolute atomic E-state index is 0.0846. The summed E-state index contributed by atoms with van der Waals surface area (Å²) in [5.74, 6) is -0.183. The largest absolute Gasteiger partial charge is 0.325 e.